The predicted octanol–water partition coefficient (Wildman–Crippen LogP) is 3.86. The molecule has 0 aliphatic heterocycles. The summed E-state index contributed by atoms with van der Waals surface area (Å²) in [5, 5.41) is 3.74. The zero-order valence-electron chi connectivity index (χ0n) is 14.7. The van der Waals surface area contributed by atoms with Crippen LogP contribution in [0.4, 0.5) is 5.69 Å². The van der Waals surface area contributed by atoms with Gasteiger partial charge in [-0.1, -0.05) is 17.8 Å². The molecule has 1 amide bonds. The highest BCUT2D eigenvalue weighted by Gasteiger charge is 2.11. The highest BCUT2D eigenvalue weighted by Crippen LogP contribution is 2.26. The number of imidazole rings is 1. The molecule has 0 saturated heterocycles. The number of hydrogen-bond donors (Lipinski definition) is 1. The monoisotopic (exact) mass is 369 g/mol. The zero-order chi connectivity index (χ0) is 18.5. The first-order valence-electron chi connectivity index (χ1n) is 7.87. The first-order valence-corrected chi connectivity index (χ1v) is 9.09. The van der Waals surface area contributed by atoms with Crippen LogP contribution >= 0.6 is 11.8 Å². The minimum absolute atomic E-state index is 0.215. The number of ether oxygens (including phenoxy) is 2. The lowest BCUT2D eigenvalue weighted by Gasteiger charge is -2.11. The maximum Gasteiger partial charge on any atom is 0.255 e. The summed E-state index contributed by atoms with van der Waals surface area (Å²) in [5.41, 5.74) is 2.02. The van der Waals surface area contributed by atoms with Crippen LogP contribution in [-0.4, -0.2) is 35.9 Å². The molecule has 1 heterocycles. The quantitative estimate of drug-likeness (QED) is 0.668. The van der Waals surface area contributed by atoms with Crippen molar-refractivity contribution in [3.05, 3.63) is 60.4 Å². The van der Waals surface area contributed by atoms with Crippen molar-refractivity contribution < 1.29 is 14.3 Å². The van der Waals surface area contributed by atoms with Gasteiger partial charge in [0, 0.05) is 47.5 Å². The van der Waals surface area contributed by atoms with Crippen molar-refractivity contribution >= 4 is 23.4 Å². The van der Waals surface area contributed by atoms with Crippen molar-refractivity contribution in [2.75, 3.05) is 25.8 Å². The minimum atomic E-state index is -0.215. The highest BCUT2D eigenvalue weighted by molar-refractivity contribution is 7.98. The largest absolute Gasteiger partial charge is 0.497 e. The maximum atomic E-state index is 12.7. The van der Waals surface area contributed by atoms with E-state index in [0.29, 0.717) is 22.7 Å². The number of amides is 1. The van der Waals surface area contributed by atoms with Gasteiger partial charge in [-0.15, -0.1) is 0 Å². The topological polar surface area (TPSA) is 65.4 Å². The standard InChI is InChI=1S/C19H19N3O3S/c1-24-16-10-14(11-17(12-16)25-2)21-18(23)13-5-4-6-15(9-13)22-8-7-20-19(22)26-3/h4-12H,1-3H3,(H,21,23). The molecule has 0 fully saturated rings. The number of hydrogen-bond acceptors (Lipinski definition) is 5. The molecule has 0 atom stereocenters. The first-order chi connectivity index (χ1) is 12.6. The highest BCUT2D eigenvalue weighted by atomic mass is 32.2. The van der Waals surface area contributed by atoms with Crippen molar-refractivity contribution in [1.82, 2.24) is 9.55 Å². The summed E-state index contributed by atoms with van der Waals surface area (Å²) in [6.07, 6.45) is 5.57. The molecule has 0 aliphatic rings. The van der Waals surface area contributed by atoms with Crippen LogP contribution in [-0.2, 0) is 0 Å². The fourth-order valence-corrected chi connectivity index (χ4v) is 3.05. The van der Waals surface area contributed by atoms with Crippen molar-refractivity contribution in [3.8, 4) is 17.2 Å². The van der Waals surface area contributed by atoms with Gasteiger partial charge in [-0.05, 0) is 24.5 Å². The Morgan fingerprint density at radius 2 is 1.85 bits per heavy atom. The fraction of sp³-hybridized carbons (Fsp3) is 0.158. The van der Waals surface area contributed by atoms with Crippen LogP contribution in [0.2, 0.25) is 0 Å². The molecule has 0 spiro atoms. The molecule has 0 bridgehead atoms. The minimum Gasteiger partial charge on any atom is -0.497 e. The van der Waals surface area contributed by atoms with E-state index in [1.165, 1.54) is 0 Å². The van der Waals surface area contributed by atoms with Gasteiger partial charge in [0.25, 0.3) is 5.91 Å². The Morgan fingerprint density at radius 3 is 2.50 bits per heavy atom. The molecule has 1 N–H and O–H groups in total. The molecule has 0 saturated carbocycles. The van der Waals surface area contributed by atoms with Gasteiger partial charge < -0.3 is 14.8 Å². The number of carbonyl (C=O) groups excluding carboxylic acids is 1. The molecule has 0 unspecified atom stereocenters. The van der Waals surface area contributed by atoms with Gasteiger partial charge in [0.15, 0.2) is 5.16 Å². The summed E-state index contributed by atoms with van der Waals surface area (Å²) < 4.78 is 12.4. The number of thioether (sulfide) groups is 1. The molecule has 134 valence electrons. The van der Waals surface area contributed by atoms with Gasteiger partial charge in [0.1, 0.15) is 11.5 Å². The number of benzene rings is 2. The van der Waals surface area contributed by atoms with Crippen molar-refractivity contribution in [1.29, 1.82) is 0 Å². The number of aromatic nitrogens is 2. The normalized spacial score (nSPS) is 10.4. The van der Waals surface area contributed by atoms with Crippen LogP contribution in [0.5, 0.6) is 11.5 Å². The number of carbonyl (C=O) groups is 1. The summed E-state index contributed by atoms with van der Waals surface area (Å²) in [6.45, 7) is 0. The van der Waals surface area contributed by atoms with Crippen molar-refractivity contribution in [2.45, 2.75) is 5.16 Å². The van der Waals surface area contributed by atoms with E-state index >= 15 is 0 Å². The smallest absolute Gasteiger partial charge is 0.255 e. The van der Waals surface area contributed by atoms with E-state index in [9.17, 15) is 4.79 Å². The van der Waals surface area contributed by atoms with Crippen LogP contribution in [0.3, 0.4) is 0 Å². The van der Waals surface area contributed by atoms with Crippen LogP contribution in [0, 0.1) is 0 Å². The summed E-state index contributed by atoms with van der Waals surface area (Å²) in [7, 11) is 3.14. The Labute approximate surface area is 156 Å². The van der Waals surface area contributed by atoms with E-state index in [1.807, 2.05) is 35.2 Å². The number of rotatable bonds is 6. The van der Waals surface area contributed by atoms with E-state index < -0.39 is 0 Å². The van der Waals surface area contributed by atoms with Crippen molar-refractivity contribution in [3.63, 3.8) is 0 Å². The van der Waals surface area contributed by atoms with E-state index in [1.54, 1.807) is 56.4 Å². The van der Waals surface area contributed by atoms with E-state index in [-0.39, 0.29) is 5.91 Å². The van der Waals surface area contributed by atoms with Crippen LogP contribution in [0.25, 0.3) is 5.69 Å². The summed E-state index contributed by atoms with van der Waals surface area (Å²) in [6, 6.07) is 12.6. The second kappa shape index (κ2) is 7.97. The average Bonchev–Trinajstić information content (AvgIpc) is 3.16. The molecular weight excluding hydrogens is 350 g/mol. The lowest BCUT2D eigenvalue weighted by Crippen LogP contribution is -2.12. The second-order valence-corrected chi connectivity index (χ2v) is 6.16. The van der Waals surface area contributed by atoms with Gasteiger partial charge in [0.05, 0.1) is 14.2 Å². The Bertz CT molecular complexity index is 902. The third-order valence-electron chi connectivity index (χ3n) is 3.79. The Balaban J connectivity index is 1.86. The maximum absolute atomic E-state index is 12.7. The van der Waals surface area contributed by atoms with Gasteiger partial charge in [0.2, 0.25) is 0 Å². The Hall–Kier alpha value is -2.93. The molecular formula is C19H19N3O3S. The molecule has 0 radical (unpaired) electrons. The number of nitrogens with one attached hydrogen (secondary N) is 1. The molecule has 1 aromatic heterocycles. The molecule has 3 rings (SSSR count). The average molecular weight is 369 g/mol. The van der Waals surface area contributed by atoms with E-state index in [4.69, 9.17) is 9.47 Å². The lowest BCUT2D eigenvalue weighted by molar-refractivity contribution is 0.102. The zero-order valence-corrected chi connectivity index (χ0v) is 15.5. The Morgan fingerprint density at radius 1 is 1.12 bits per heavy atom. The first kappa shape index (κ1) is 17.9. The van der Waals surface area contributed by atoms with Crippen LogP contribution in [0.1, 0.15) is 10.4 Å². The van der Waals surface area contributed by atoms with Crippen LogP contribution in [0.15, 0.2) is 60.0 Å². The number of anilines is 1. The van der Waals surface area contributed by atoms with Gasteiger partial charge in [-0.25, -0.2) is 4.98 Å². The summed E-state index contributed by atoms with van der Waals surface area (Å²) in [5.74, 6) is 1.00. The molecule has 26 heavy (non-hydrogen) atoms. The molecule has 7 heteroatoms. The van der Waals surface area contributed by atoms with Gasteiger partial charge in [-0.3, -0.25) is 9.36 Å². The third kappa shape index (κ3) is 3.83. The number of nitrogens with zero attached hydrogens (tertiary/aromatic N) is 2. The second-order valence-electron chi connectivity index (χ2n) is 5.39. The van der Waals surface area contributed by atoms with Crippen LogP contribution < -0.4 is 14.8 Å². The molecule has 3 aromatic rings. The Kier molecular flexibility index (Phi) is 5.48. The van der Waals surface area contributed by atoms with Crippen molar-refractivity contribution in [2.24, 2.45) is 0 Å². The fourth-order valence-electron chi connectivity index (χ4n) is 2.52. The third-order valence-corrected chi connectivity index (χ3v) is 4.45. The summed E-state index contributed by atoms with van der Waals surface area (Å²) >= 11 is 1.55. The molecule has 0 aliphatic carbocycles. The molecule has 2 aromatic carbocycles. The molecule has 6 nitrogen and oxygen atoms in total. The predicted molar refractivity (Wildman–Crippen MR) is 103 cm³/mol. The van der Waals surface area contributed by atoms with Gasteiger partial charge >= 0.3 is 0 Å². The SMILES string of the molecule is COc1cc(NC(=O)c2cccc(-n3ccnc3SC)c2)cc(OC)c1. The van der Waals surface area contributed by atoms with E-state index in [2.05, 4.69) is 10.3 Å². The van der Waals surface area contributed by atoms with E-state index in [0.717, 1.165) is 10.8 Å². The van der Waals surface area contributed by atoms with Gasteiger partial charge in [-0.2, -0.15) is 0 Å². The number of methoxy groups -OCH3 is 2. The summed E-state index contributed by atoms with van der Waals surface area (Å²) in [4.78, 5) is 17.0. The lowest BCUT2D eigenvalue weighted by atomic mass is 10.1.